The number of halogens is 1. The summed E-state index contributed by atoms with van der Waals surface area (Å²) in [5.41, 5.74) is 7.86. The van der Waals surface area contributed by atoms with Crippen LogP contribution in [0, 0.1) is 0 Å². The van der Waals surface area contributed by atoms with E-state index in [-0.39, 0.29) is 0 Å². The maximum Gasteiger partial charge on any atom is 0.120 e. The molecule has 4 nitrogen and oxygen atoms in total. The summed E-state index contributed by atoms with van der Waals surface area (Å²) in [4.78, 5) is 8.45. The van der Waals surface area contributed by atoms with Gasteiger partial charge in [-0.25, -0.2) is 0 Å². The van der Waals surface area contributed by atoms with Gasteiger partial charge in [-0.2, -0.15) is 0 Å². The fourth-order valence-electron chi connectivity index (χ4n) is 1.56. The molecule has 2 N–H and O–H groups in total. The molecule has 1 aromatic heterocycles. The molecule has 2 rings (SSSR count). The highest BCUT2D eigenvalue weighted by Gasteiger charge is 2.10. The van der Waals surface area contributed by atoms with Crippen molar-refractivity contribution in [2.45, 2.75) is 6.54 Å². The first-order valence-corrected chi connectivity index (χ1v) is 5.48. The van der Waals surface area contributed by atoms with E-state index < -0.39 is 0 Å². The Morgan fingerprint density at radius 3 is 2.71 bits per heavy atom. The lowest BCUT2D eigenvalue weighted by Crippen LogP contribution is -2.03. The predicted molar refractivity (Wildman–Crippen MR) is 66.9 cm³/mol. The number of aromatic nitrogens is 2. The van der Waals surface area contributed by atoms with Crippen LogP contribution in [0.1, 0.15) is 5.69 Å². The Bertz CT molecular complexity index is 531. The number of rotatable bonds is 3. The number of nitrogens with zero attached hydrogens (tertiary/aromatic N) is 2. The molecule has 0 aliphatic rings. The molecule has 0 fully saturated rings. The predicted octanol–water partition coefficient (Wildman–Crippen LogP) is 2.26. The molecule has 0 atom stereocenters. The van der Waals surface area contributed by atoms with Crippen LogP contribution in [-0.2, 0) is 6.54 Å². The molecule has 0 spiro atoms. The van der Waals surface area contributed by atoms with Crippen molar-refractivity contribution in [1.29, 1.82) is 0 Å². The van der Waals surface area contributed by atoms with Gasteiger partial charge < -0.3 is 10.5 Å². The second-order valence-corrected chi connectivity index (χ2v) is 3.81. The topological polar surface area (TPSA) is 61.0 Å². The van der Waals surface area contributed by atoms with Crippen LogP contribution in [0.2, 0.25) is 5.02 Å². The van der Waals surface area contributed by atoms with Gasteiger partial charge in [-0.1, -0.05) is 11.6 Å². The zero-order chi connectivity index (χ0) is 12.3. The number of benzene rings is 1. The van der Waals surface area contributed by atoms with Gasteiger partial charge >= 0.3 is 0 Å². The zero-order valence-corrected chi connectivity index (χ0v) is 10.1. The number of ether oxygens (including phenoxy) is 1. The molecule has 0 aliphatic heterocycles. The quantitative estimate of drug-likeness (QED) is 0.907. The van der Waals surface area contributed by atoms with Crippen molar-refractivity contribution in [2.24, 2.45) is 5.73 Å². The summed E-state index contributed by atoms with van der Waals surface area (Å²) in [7, 11) is 1.60. The van der Waals surface area contributed by atoms with Crippen LogP contribution >= 0.6 is 11.6 Å². The van der Waals surface area contributed by atoms with Crippen LogP contribution in [0.5, 0.6) is 5.75 Å². The number of hydrogen-bond donors (Lipinski definition) is 1. The van der Waals surface area contributed by atoms with E-state index in [1.807, 2.05) is 12.1 Å². The van der Waals surface area contributed by atoms with E-state index in [0.29, 0.717) is 23.0 Å². The zero-order valence-electron chi connectivity index (χ0n) is 9.35. The van der Waals surface area contributed by atoms with Gasteiger partial charge in [-0.15, -0.1) is 0 Å². The largest absolute Gasteiger partial charge is 0.497 e. The molecule has 0 unspecified atom stereocenters. The van der Waals surface area contributed by atoms with Crippen LogP contribution in [0.15, 0.2) is 30.6 Å². The minimum Gasteiger partial charge on any atom is -0.497 e. The van der Waals surface area contributed by atoms with E-state index in [9.17, 15) is 0 Å². The number of hydrogen-bond acceptors (Lipinski definition) is 4. The van der Waals surface area contributed by atoms with E-state index in [4.69, 9.17) is 22.1 Å². The molecule has 0 amide bonds. The van der Waals surface area contributed by atoms with Gasteiger partial charge in [0.25, 0.3) is 0 Å². The number of methoxy groups -OCH3 is 1. The average molecular weight is 250 g/mol. The van der Waals surface area contributed by atoms with Crippen molar-refractivity contribution in [3.63, 3.8) is 0 Å². The summed E-state index contributed by atoms with van der Waals surface area (Å²) >= 11 is 6.18. The molecule has 88 valence electrons. The highest BCUT2D eigenvalue weighted by molar-refractivity contribution is 6.33. The first-order chi connectivity index (χ1) is 8.26. The molecule has 0 bridgehead atoms. The van der Waals surface area contributed by atoms with Gasteiger partial charge in [0.2, 0.25) is 0 Å². The fraction of sp³-hybridized carbons (Fsp3) is 0.167. The van der Waals surface area contributed by atoms with E-state index in [2.05, 4.69) is 9.97 Å². The molecular weight excluding hydrogens is 238 g/mol. The van der Waals surface area contributed by atoms with Gasteiger partial charge in [0.1, 0.15) is 5.75 Å². The number of nitrogens with two attached hydrogens (primary N) is 1. The monoisotopic (exact) mass is 249 g/mol. The third kappa shape index (κ3) is 2.38. The molecule has 0 radical (unpaired) electrons. The molecule has 1 heterocycles. The average Bonchev–Trinajstić information content (AvgIpc) is 2.38. The molecular formula is C12H12ClN3O. The Kier molecular flexibility index (Phi) is 3.56. The Balaban J connectivity index is 2.53. The SMILES string of the molecule is COc1ccc(-c2nccnc2CN)c(Cl)c1. The fourth-order valence-corrected chi connectivity index (χ4v) is 1.82. The van der Waals surface area contributed by atoms with Gasteiger partial charge in [0, 0.05) is 24.5 Å². The molecule has 0 saturated heterocycles. The van der Waals surface area contributed by atoms with Crippen molar-refractivity contribution >= 4 is 11.6 Å². The van der Waals surface area contributed by atoms with Crippen molar-refractivity contribution in [1.82, 2.24) is 9.97 Å². The normalized spacial score (nSPS) is 10.3. The van der Waals surface area contributed by atoms with E-state index in [1.165, 1.54) is 0 Å². The first kappa shape index (κ1) is 11.8. The van der Waals surface area contributed by atoms with Crippen molar-refractivity contribution in [2.75, 3.05) is 7.11 Å². The summed E-state index contributed by atoms with van der Waals surface area (Å²) in [6.07, 6.45) is 3.23. The molecule has 17 heavy (non-hydrogen) atoms. The molecule has 1 aromatic carbocycles. The standard InChI is InChI=1S/C12H12ClN3O/c1-17-8-2-3-9(10(13)6-8)12-11(7-14)15-4-5-16-12/h2-6H,7,14H2,1H3. The molecule has 0 aliphatic carbocycles. The van der Waals surface area contributed by atoms with Crippen LogP contribution in [0.4, 0.5) is 0 Å². The van der Waals surface area contributed by atoms with Gasteiger partial charge in [0.15, 0.2) is 0 Å². The summed E-state index contributed by atoms with van der Waals surface area (Å²) in [5, 5.41) is 0.569. The highest BCUT2D eigenvalue weighted by atomic mass is 35.5. The maximum atomic E-state index is 6.18. The minimum absolute atomic E-state index is 0.325. The smallest absolute Gasteiger partial charge is 0.120 e. The van der Waals surface area contributed by atoms with Crippen molar-refractivity contribution in [3.8, 4) is 17.0 Å². The lowest BCUT2D eigenvalue weighted by molar-refractivity contribution is 0.415. The first-order valence-electron chi connectivity index (χ1n) is 5.10. The minimum atomic E-state index is 0.325. The van der Waals surface area contributed by atoms with Gasteiger partial charge in [-0.3, -0.25) is 9.97 Å². The maximum absolute atomic E-state index is 6.18. The molecule has 2 aromatic rings. The molecule has 5 heteroatoms. The third-order valence-electron chi connectivity index (χ3n) is 2.40. The Morgan fingerprint density at radius 2 is 2.06 bits per heavy atom. The van der Waals surface area contributed by atoms with Crippen LogP contribution in [0.25, 0.3) is 11.3 Å². The second-order valence-electron chi connectivity index (χ2n) is 3.40. The van der Waals surface area contributed by atoms with Gasteiger partial charge in [0.05, 0.1) is 23.5 Å². The summed E-state index contributed by atoms with van der Waals surface area (Å²) < 4.78 is 5.10. The van der Waals surface area contributed by atoms with E-state index >= 15 is 0 Å². The Morgan fingerprint density at radius 1 is 1.29 bits per heavy atom. The van der Waals surface area contributed by atoms with Crippen molar-refractivity contribution in [3.05, 3.63) is 41.3 Å². The van der Waals surface area contributed by atoms with Crippen molar-refractivity contribution < 1.29 is 4.74 Å². The van der Waals surface area contributed by atoms with Gasteiger partial charge in [-0.05, 0) is 18.2 Å². The lowest BCUT2D eigenvalue weighted by atomic mass is 10.1. The summed E-state index contributed by atoms with van der Waals surface area (Å²) in [5.74, 6) is 0.705. The van der Waals surface area contributed by atoms with Crippen LogP contribution in [-0.4, -0.2) is 17.1 Å². The summed E-state index contributed by atoms with van der Waals surface area (Å²) in [6.45, 7) is 0.325. The van der Waals surface area contributed by atoms with E-state index in [0.717, 1.165) is 11.3 Å². The summed E-state index contributed by atoms with van der Waals surface area (Å²) in [6, 6.07) is 5.42. The Hall–Kier alpha value is -1.65. The highest BCUT2D eigenvalue weighted by Crippen LogP contribution is 2.30. The third-order valence-corrected chi connectivity index (χ3v) is 2.71. The van der Waals surface area contributed by atoms with E-state index in [1.54, 1.807) is 25.6 Å². The van der Waals surface area contributed by atoms with Crippen LogP contribution < -0.4 is 10.5 Å². The Labute approximate surface area is 104 Å². The lowest BCUT2D eigenvalue weighted by Gasteiger charge is -2.08. The molecule has 0 saturated carbocycles. The second kappa shape index (κ2) is 5.12. The van der Waals surface area contributed by atoms with Crippen LogP contribution in [0.3, 0.4) is 0 Å².